The Hall–Kier alpha value is -2.09. The highest BCUT2D eigenvalue weighted by molar-refractivity contribution is 6.07. The Kier molecular flexibility index (Phi) is 2.44. The van der Waals surface area contributed by atoms with Crippen molar-refractivity contribution in [2.75, 3.05) is 4.90 Å². The average molecular weight is 237 g/mol. The molecule has 2 nitrogen and oxygen atoms in total. The number of rotatable bonds is 1. The fourth-order valence-corrected chi connectivity index (χ4v) is 2.48. The molecule has 1 aliphatic heterocycles. The Morgan fingerprint density at radius 2 is 1.78 bits per heavy atom. The number of anilines is 2. The molecule has 3 rings (SSSR count). The molecule has 1 amide bonds. The topological polar surface area (TPSA) is 20.3 Å². The van der Waals surface area contributed by atoms with E-state index in [1.54, 1.807) is 0 Å². The second kappa shape index (κ2) is 3.98. The predicted molar refractivity (Wildman–Crippen MR) is 73.2 cm³/mol. The fourth-order valence-electron chi connectivity index (χ4n) is 2.48. The van der Waals surface area contributed by atoms with Crippen LogP contribution in [0.5, 0.6) is 0 Å². The van der Waals surface area contributed by atoms with Crippen LogP contribution in [0.15, 0.2) is 42.5 Å². The van der Waals surface area contributed by atoms with Crippen molar-refractivity contribution in [3.63, 3.8) is 0 Å². The summed E-state index contributed by atoms with van der Waals surface area (Å²) in [7, 11) is 0. The summed E-state index contributed by atoms with van der Waals surface area (Å²) in [5, 5.41) is 0. The second-order valence-electron chi connectivity index (χ2n) is 4.82. The van der Waals surface area contributed by atoms with Gasteiger partial charge in [0, 0.05) is 0 Å². The van der Waals surface area contributed by atoms with Gasteiger partial charge >= 0.3 is 0 Å². The third kappa shape index (κ3) is 1.61. The summed E-state index contributed by atoms with van der Waals surface area (Å²) < 4.78 is 0. The number of aryl methyl sites for hydroxylation is 2. The van der Waals surface area contributed by atoms with E-state index in [0.717, 1.165) is 22.5 Å². The van der Waals surface area contributed by atoms with Gasteiger partial charge in [0.2, 0.25) is 5.91 Å². The molecule has 1 heterocycles. The van der Waals surface area contributed by atoms with Gasteiger partial charge in [0.25, 0.3) is 0 Å². The Morgan fingerprint density at radius 1 is 1.00 bits per heavy atom. The second-order valence-corrected chi connectivity index (χ2v) is 4.82. The molecule has 0 saturated carbocycles. The molecule has 2 aromatic rings. The predicted octanol–water partition coefficient (Wildman–Crippen LogP) is 3.52. The van der Waals surface area contributed by atoms with Crippen LogP contribution in [0, 0.1) is 13.8 Å². The summed E-state index contributed by atoms with van der Waals surface area (Å²) in [6.07, 6.45) is 0.504. The molecule has 0 aromatic heterocycles. The van der Waals surface area contributed by atoms with Crippen LogP contribution in [0.25, 0.3) is 0 Å². The van der Waals surface area contributed by atoms with Gasteiger partial charge in [-0.15, -0.1) is 0 Å². The van der Waals surface area contributed by atoms with Crippen molar-refractivity contribution in [3.05, 3.63) is 59.2 Å². The molecule has 2 aromatic carbocycles. The first-order valence-corrected chi connectivity index (χ1v) is 6.15. The van der Waals surface area contributed by atoms with E-state index in [-0.39, 0.29) is 5.91 Å². The molecule has 0 atom stereocenters. The largest absolute Gasteiger partial charge is 0.280 e. The van der Waals surface area contributed by atoms with Gasteiger partial charge in [0.1, 0.15) is 0 Å². The van der Waals surface area contributed by atoms with E-state index in [0.29, 0.717) is 6.42 Å². The number of carbonyl (C=O) groups is 1. The molecular weight excluding hydrogens is 222 g/mol. The van der Waals surface area contributed by atoms with Crippen molar-refractivity contribution in [3.8, 4) is 0 Å². The molecule has 1 aliphatic rings. The first-order chi connectivity index (χ1) is 8.66. The zero-order chi connectivity index (χ0) is 12.7. The first kappa shape index (κ1) is 11.0. The number of benzene rings is 2. The van der Waals surface area contributed by atoms with E-state index >= 15 is 0 Å². The van der Waals surface area contributed by atoms with Crippen molar-refractivity contribution in [2.24, 2.45) is 0 Å². The van der Waals surface area contributed by atoms with Gasteiger partial charge in [-0.1, -0.05) is 30.3 Å². The molecule has 0 fully saturated rings. The van der Waals surface area contributed by atoms with Crippen LogP contribution in [0.4, 0.5) is 11.4 Å². The van der Waals surface area contributed by atoms with Crippen molar-refractivity contribution >= 4 is 17.3 Å². The lowest BCUT2D eigenvalue weighted by atomic mass is 10.1. The van der Waals surface area contributed by atoms with Gasteiger partial charge in [0.05, 0.1) is 17.8 Å². The Labute approximate surface area is 107 Å². The number of amides is 1. The maximum absolute atomic E-state index is 12.2. The smallest absolute Gasteiger partial charge is 0.236 e. The first-order valence-electron chi connectivity index (χ1n) is 6.15. The fraction of sp³-hybridized carbons (Fsp3) is 0.188. The van der Waals surface area contributed by atoms with Crippen LogP contribution in [-0.4, -0.2) is 5.91 Å². The SMILES string of the molecule is Cc1ccc(C)c(N2C(=O)Cc3ccccc32)c1. The minimum Gasteiger partial charge on any atom is -0.280 e. The van der Waals surface area contributed by atoms with Crippen LogP contribution in [0.2, 0.25) is 0 Å². The van der Waals surface area contributed by atoms with Gasteiger partial charge in [-0.25, -0.2) is 0 Å². The van der Waals surface area contributed by atoms with Gasteiger partial charge in [-0.3, -0.25) is 9.69 Å². The van der Waals surface area contributed by atoms with Crippen LogP contribution in [0.1, 0.15) is 16.7 Å². The molecule has 90 valence electrons. The molecule has 0 N–H and O–H groups in total. The van der Waals surface area contributed by atoms with Gasteiger partial charge in [0.15, 0.2) is 0 Å². The number of fused-ring (bicyclic) bond motifs is 1. The van der Waals surface area contributed by atoms with E-state index in [4.69, 9.17) is 0 Å². The molecule has 18 heavy (non-hydrogen) atoms. The lowest BCUT2D eigenvalue weighted by Gasteiger charge is -2.20. The summed E-state index contributed by atoms with van der Waals surface area (Å²) in [5.74, 6) is 0.157. The minimum absolute atomic E-state index is 0.157. The summed E-state index contributed by atoms with van der Waals surface area (Å²) in [6.45, 7) is 4.10. The van der Waals surface area contributed by atoms with Crippen molar-refractivity contribution < 1.29 is 4.79 Å². The quantitative estimate of drug-likeness (QED) is 0.743. The molecule has 0 radical (unpaired) electrons. The van der Waals surface area contributed by atoms with E-state index in [1.165, 1.54) is 5.56 Å². The average Bonchev–Trinajstić information content (AvgIpc) is 2.68. The Morgan fingerprint density at radius 3 is 2.61 bits per heavy atom. The molecule has 0 spiro atoms. The number of nitrogens with zero attached hydrogens (tertiary/aromatic N) is 1. The van der Waals surface area contributed by atoms with Crippen LogP contribution < -0.4 is 4.90 Å². The van der Waals surface area contributed by atoms with E-state index in [9.17, 15) is 4.79 Å². The van der Waals surface area contributed by atoms with Crippen molar-refractivity contribution in [2.45, 2.75) is 20.3 Å². The molecule has 0 bridgehead atoms. The molecule has 0 saturated heterocycles. The highest BCUT2D eigenvalue weighted by Crippen LogP contribution is 2.36. The van der Waals surface area contributed by atoms with E-state index in [2.05, 4.69) is 25.1 Å². The number of carbonyl (C=O) groups excluding carboxylic acids is 1. The number of hydrogen-bond donors (Lipinski definition) is 0. The lowest BCUT2D eigenvalue weighted by Crippen LogP contribution is -2.21. The zero-order valence-electron chi connectivity index (χ0n) is 10.6. The van der Waals surface area contributed by atoms with Crippen LogP contribution >= 0.6 is 0 Å². The highest BCUT2D eigenvalue weighted by Gasteiger charge is 2.28. The minimum atomic E-state index is 0.157. The third-order valence-corrected chi connectivity index (χ3v) is 3.43. The zero-order valence-corrected chi connectivity index (χ0v) is 10.6. The van der Waals surface area contributed by atoms with E-state index in [1.807, 2.05) is 36.1 Å². The Bertz CT molecular complexity index is 631. The van der Waals surface area contributed by atoms with Gasteiger partial charge in [-0.05, 0) is 42.7 Å². The highest BCUT2D eigenvalue weighted by atomic mass is 16.2. The van der Waals surface area contributed by atoms with Crippen molar-refractivity contribution in [1.29, 1.82) is 0 Å². The van der Waals surface area contributed by atoms with Crippen LogP contribution in [-0.2, 0) is 11.2 Å². The van der Waals surface area contributed by atoms with Crippen LogP contribution in [0.3, 0.4) is 0 Å². The maximum Gasteiger partial charge on any atom is 0.236 e. The standard InChI is InChI=1S/C16H15NO/c1-11-7-8-12(2)15(9-11)17-14-6-4-3-5-13(14)10-16(17)18/h3-9H,10H2,1-2H3. The van der Waals surface area contributed by atoms with Gasteiger partial charge < -0.3 is 0 Å². The summed E-state index contributed by atoms with van der Waals surface area (Å²) >= 11 is 0. The third-order valence-electron chi connectivity index (χ3n) is 3.43. The maximum atomic E-state index is 12.2. The van der Waals surface area contributed by atoms with Crippen molar-refractivity contribution in [1.82, 2.24) is 0 Å². The molecule has 2 heteroatoms. The van der Waals surface area contributed by atoms with E-state index < -0.39 is 0 Å². The molecule has 0 unspecified atom stereocenters. The number of hydrogen-bond acceptors (Lipinski definition) is 1. The monoisotopic (exact) mass is 237 g/mol. The number of para-hydroxylation sites is 1. The summed E-state index contributed by atoms with van der Waals surface area (Å²) in [4.78, 5) is 14.1. The lowest BCUT2D eigenvalue weighted by molar-refractivity contribution is -0.116. The summed E-state index contributed by atoms with van der Waals surface area (Å²) in [5.41, 5.74) is 5.45. The Balaban J connectivity index is 2.17. The van der Waals surface area contributed by atoms with Gasteiger partial charge in [-0.2, -0.15) is 0 Å². The molecular formula is C16H15NO. The summed E-state index contributed by atoms with van der Waals surface area (Å²) in [6, 6.07) is 14.2. The normalized spacial score (nSPS) is 13.9. The molecule has 0 aliphatic carbocycles.